The molecule has 0 aliphatic carbocycles. The first-order valence-corrected chi connectivity index (χ1v) is 12.3. The van der Waals surface area contributed by atoms with E-state index in [4.69, 9.17) is 21.1 Å². The number of fused-ring (bicyclic) bond motifs is 3. The van der Waals surface area contributed by atoms with Gasteiger partial charge in [-0.15, -0.1) is 0 Å². The first kappa shape index (κ1) is 25.7. The number of hydrogen-bond donors (Lipinski definition) is 3. The average Bonchev–Trinajstić information content (AvgIpc) is 3.68. The third kappa shape index (κ3) is 5.52. The predicted molar refractivity (Wildman–Crippen MR) is 144 cm³/mol. The van der Waals surface area contributed by atoms with Crippen LogP contribution < -0.4 is 5.32 Å². The Bertz CT molecular complexity index is 1710. The van der Waals surface area contributed by atoms with Gasteiger partial charge in [-0.25, -0.2) is 34.5 Å². The van der Waals surface area contributed by atoms with Crippen molar-refractivity contribution in [3.63, 3.8) is 0 Å². The SMILES string of the molecule is CCOC(=O)c1cc2c(Cl)ncnc2[nH]1.CCOC(=O)c1cc2c(Nc3cc4c(cn3)CN=C4)ncnc2[nH]1. The molecule has 0 aromatic carbocycles. The molecule has 0 atom stereocenters. The Morgan fingerprint density at radius 1 is 0.897 bits per heavy atom. The Labute approximate surface area is 226 Å². The van der Waals surface area contributed by atoms with E-state index < -0.39 is 11.9 Å². The Morgan fingerprint density at radius 3 is 2.21 bits per heavy atom. The van der Waals surface area contributed by atoms with Crippen molar-refractivity contribution in [2.75, 3.05) is 18.5 Å². The average molecular weight is 548 g/mol. The monoisotopic (exact) mass is 547 g/mol. The first-order valence-electron chi connectivity index (χ1n) is 11.9. The number of nitrogens with zero attached hydrogens (tertiary/aromatic N) is 6. The van der Waals surface area contributed by atoms with Gasteiger partial charge in [0.25, 0.3) is 0 Å². The normalized spacial score (nSPS) is 11.7. The van der Waals surface area contributed by atoms with Gasteiger partial charge in [-0.2, -0.15) is 0 Å². The molecule has 0 bridgehead atoms. The second-order valence-corrected chi connectivity index (χ2v) is 8.44. The molecule has 5 aromatic heterocycles. The quantitative estimate of drug-likeness (QED) is 0.208. The molecule has 0 spiro atoms. The Kier molecular flexibility index (Phi) is 7.41. The molecule has 1 aliphatic heterocycles. The number of aromatic amines is 2. The zero-order valence-electron chi connectivity index (χ0n) is 20.9. The molecule has 13 nitrogen and oxygen atoms in total. The number of aliphatic imine (C=N–C) groups is 1. The van der Waals surface area contributed by atoms with Gasteiger partial charge in [-0.3, -0.25) is 4.99 Å². The maximum Gasteiger partial charge on any atom is 0.354 e. The molecule has 14 heteroatoms. The van der Waals surface area contributed by atoms with Crippen LogP contribution >= 0.6 is 11.6 Å². The van der Waals surface area contributed by atoms with Crippen LogP contribution in [0.2, 0.25) is 5.15 Å². The molecule has 5 aromatic rings. The molecule has 0 saturated carbocycles. The first-order chi connectivity index (χ1) is 19.0. The zero-order chi connectivity index (χ0) is 27.4. The summed E-state index contributed by atoms with van der Waals surface area (Å²) in [7, 11) is 0. The van der Waals surface area contributed by atoms with Gasteiger partial charge in [0.2, 0.25) is 0 Å². The van der Waals surface area contributed by atoms with E-state index in [0.29, 0.717) is 70.0 Å². The van der Waals surface area contributed by atoms with Crippen LogP contribution in [0.5, 0.6) is 0 Å². The van der Waals surface area contributed by atoms with E-state index in [2.05, 4.69) is 45.2 Å². The molecule has 6 rings (SSSR count). The number of nitrogens with one attached hydrogen (secondary N) is 3. The summed E-state index contributed by atoms with van der Waals surface area (Å²) in [4.78, 5) is 53.7. The van der Waals surface area contributed by atoms with Crippen LogP contribution in [-0.4, -0.2) is 66.3 Å². The lowest BCUT2D eigenvalue weighted by atomic mass is 10.2. The number of carbonyl (C=O) groups excluding carboxylic acids is 2. The largest absolute Gasteiger partial charge is 0.461 e. The highest BCUT2D eigenvalue weighted by Crippen LogP contribution is 2.25. The number of rotatable bonds is 6. The molecule has 0 fully saturated rings. The molecular weight excluding hydrogens is 526 g/mol. The fourth-order valence-electron chi connectivity index (χ4n) is 3.77. The smallest absolute Gasteiger partial charge is 0.354 e. The lowest BCUT2D eigenvalue weighted by Gasteiger charge is -2.06. The minimum atomic E-state index is -0.424. The van der Waals surface area contributed by atoms with E-state index >= 15 is 0 Å². The zero-order valence-corrected chi connectivity index (χ0v) is 21.6. The van der Waals surface area contributed by atoms with Gasteiger partial charge in [0.15, 0.2) is 0 Å². The summed E-state index contributed by atoms with van der Waals surface area (Å²) in [5.41, 5.74) is 3.88. The number of hydrogen-bond acceptors (Lipinski definition) is 11. The van der Waals surface area contributed by atoms with Crippen molar-refractivity contribution in [1.82, 2.24) is 34.9 Å². The van der Waals surface area contributed by atoms with Gasteiger partial charge in [-0.05, 0) is 32.0 Å². The van der Waals surface area contributed by atoms with Crippen LogP contribution in [0.3, 0.4) is 0 Å². The fourth-order valence-corrected chi connectivity index (χ4v) is 3.96. The summed E-state index contributed by atoms with van der Waals surface area (Å²) >= 11 is 5.83. The van der Waals surface area contributed by atoms with Gasteiger partial charge in [0.1, 0.15) is 52.1 Å². The third-order valence-electron chi connectivity index (χ3n) is 5.55. The summed E-state index contributed by atoms with van der Waals surface area (Å²) in [6.07, 6.45) is 6.37. The molecule has 198 valence electrons. The van der Waals surface area contributed by atoms with Gasteiger partial charge >= 0.3 is 11.9 Å². The van der Waals surface area contributed by atoms with Crippen LogP contribution in [0.1, 0.15) is 46.0 Å². The van der Waals surface area contributed by atoms with E-state index in [1.807, 2.05) is 12.3 Å². The van der Waals surface area contributed by atoms with Crippen LogP contribution in [0, 0.1) is 0 Å². The number of ether oxygens (including phenoxy) is 2. The third-order valence-corrected chi connectivity index (χ3v) is 5.86. The molecule has 6 heterocycles. The Balaban J connectivity index is 0.000000177. The van der Waals surface area contributed by atoms with Crippen molar-refractivity contribution in [3.05, 3.63) is 64.7 Å². The maximum absolute atomic E-state index is 11.9. The molecule has 1 aliphatic rings. The van der Waals surface area contributed by atoms with E-state index in [1.165, 1.54) is 12.7 Å². The summed E-state index contributed by atoms with van der Waals surface area (Å²) < 4.78 is 9.84. The molecule has 0 saturated heterocycles. The number of aromatic nitrogens is 7. The highest BCUT2D eigenvalue weighted by Gasteiger charge is 2.16. The highest BCUT2D eigenvalue weighted by molar-refractivity contribution is 6.34. The van der Waals surface area contributed by atoms with E-state index in [1.54, 1.807) is 32.2 Å². The molecule has 3 N–H and O–H groups in total. The van der Waals surface area contributed by atoms with Crippen molar-refractivity contribution in [2.24, 2.45) is 4.99 Å². The van der Waals surface area contributed by atoms with E-state index in [-0.39, 0.29) is 0 Å². The molecule has 39 heavy (non-hydrogen) atoms. The van der Waals surface area contributed by atoms with Crippen molar-refractivity contribution in [3.8, 4) is 0 Å². The fraction of sp³-hybridized carbons (Fsp3) is 0.200. The maximum atomic E-state index is 11.9. The number of esters is 2. The van der Waals surface area contributed by atoms with Gasteiger partial charge in [0.05, 0.1) is 30.5 Å². The predicted octanol–water partition coefficient (Wildman–Crippen LogP) is 3.99. The van der Waals surface area contributed by atoms with Gasteiger partial charge in [0, 0.05) is 23.5 Å². The minimum absolute atomic E-state index is 0.311. The van der Waals surface area contributed by atoms with Crippen LogP contribution in [0.4, 0.5) is 11.6 Å². The lowest BCUT2D eigenvalue weighted by Crippen LogP contribution is -2.04. The second-order valence-electron chi connectivity index (χ2n) is 8.08. The summed E-state index contributed by atoms with van der Waals surface area (Å²) in [6.45, 7) is 4.81. The molecule has 0 radical (unpaired) electrons. The summed E-state index contributed by atoms with van der Waals surface area (Å²) in [6, 6.07) is 5.17. The Hall–Kier alpha value is -4.91. The van der Waals surface area contributed by atoms with Crippen molar-refractivity contribution < 1.29 is 19.1 Å². The van der Waals surface area contributed by atoms with Crippen molar-refractivity contribution in [2.45, 2.75) is 20.4 Å². The minimum Gasteiger partial charge on any atom is -0.461 e. The number of pyridine rings is 1. The summed E-state index contributed by atoms with van der Waals surface area (Å²) in [5, 5.41) is 4.78. The van der Waals surface area contributed by atoms with Crippen LogP contribution in [0.25, 0.3) is 22.1 Å². The topological polar surface area (TPSA) is 173 Å². The number of carbonyl (C=O) groups is 2. The number of anilines is 2. The number of halogens is 1. The summed E-state index contributed by atoms with van der Waals surface area (Å²) in [5.74, 6) is 0.370. The van der Waals surface area contributed by atoms with E-state index in [9.17, 15) is 9.59 Å². The van der Waals surface area contributed by atoms with Crippen molar-refractivity contribution in [1.29, 1.82) is 0 Å². The Morgan fingerprint density at radius 2 is 1.54 bits per heavy atom. The number of H-pyrrole nitrogens is 2. The van der Waals surface area contributed by atoms with Crippen LogP contribution in [0.15, 0.2) is 42.0 Å². The lowest BCUT2D eigenvalue weighted by molar-refractivity contribution is 0.0511. The second kappa shape index (κ2) is 11.2. The standard InChI is InChI=1S/C16H14N6O2.C9H8ClN3O2/c1-2-24-16(23)12-4-11-14(21-12)19-8-20-15(11)22-13-3-9-5-17-6-10(9)7-18-13;1-2-15-9(14)6-3-5-7(10)11-4-12-8(5)13-6/h3-5,7-8H,2,6H2,1H3,(H2,18,19,20,21,22);3-4H,2H2,1H3,(H,11,12,13). The van der Waals surface area contributed by atoms with E-state index in [0.717, 1.165) is 11.1 Å². The highest BCUT2D eigenvalue weighted by atomic mass is 35.5. The van der Waals surface area contributed by atoms with Gasteiger partial charge < -0.3 is 24.8 Å². The van der Waals surface area contributed by atoms with Crippen molar-refractivity contribution >= 4 is 63.5 Å². The van der Waals surface area contributed by atoms with Crippen LogP contribution in [-0.2, 0) is 16.0 Å². The molecular formula is C25H22ClN9O4. The molecule has 0 unspecified atom stereocenters. The van der Waals surface area contributed by atoms with Gasteiger partial charge in [-0.1, -0.05) is 11.6 Å². The molecule has 0 amide bonds.